The first kappa shape index (κ1) is 21.2. The Morgan fingerprint density at radius 1 is 0.867 bits per heavy atom. The Kier molecular flexibility index (Phi) is 5.82. The molecule has 0 aromatic heterocycles. The fourth-order valence-corrected chi connectivity index (χ4v) is 4.92. The number of esters is 1. The molecule has 1 aliphatic rings. The van der Waals surface area contributed by atoms with Crippen molar-refractivity contribution in [1.29, 1.82) is 0 Å². The third kappa shape index (κ3) is 3.61. The van der Waals surface area contributed by atoms with Crippen molar-refractivity contribution in [1.82, 2.24) is 0 Å². The Hall–Kier alpha value is -2.04. The monoisotopic (exact) mass is 478 g/mol. The molecule has 0 amide bonds. The van der Waals surface area contributed by atoms with Crippen LogP contribution in [-0.4, -0.2) is 11.8 Å². The summed E-state index contributed by atoms with van der Waals surface area (Å²) in [6.45, 7) is 0. The third-order valence-corrected chi connectivity index (χ3v) is 6.28. The van der Waals surface area contributed by atoms with E-state index < -0.39 is 23.3 Å². The molecule has 30 heavy (non-hydrogen) atoms. The molecule has 1 heterocycles. The normalized spacial score (nSPS) is 20.8. The topological polar surface area (TPSA) is 43.4 Å². The highest BCUT2D eigenvalue weighted by molar-refractivity contribution is 6.38. The van der Waals surface area contributed by atoms with Crippen molar-refractivity contribution in [3.8, 4) is 0 Å². The van der Waals surface area contributed by atoms with Crippen molar-refractivity contribution >= 4 is 58.2 Å². The number of halogens is 4. The van der Waals surface area contributed by atoms with Gasteiger partial charge in [-0.25, -0.2) is 0 Å². The third-order valence-electron chi connectivity index (χ3n) is 5.18. The Labute approximate surface area is 193 Å². The summed E-state index contributed by atoms with van der Waals surface area (Å²) < 4.78 is 5.82. The van der Waals surface area contributed by atoms with Crippen LogP contribution in [0.5, 0.6) is 0 Å². The van der Waals surface area contributed by atoms with Gasteiger partial charge in [0.05, 0.1) is 11.4 Å². The predicted molar refractivity (Wildman–Crippen MR) is 119 cm³/mol. The maximum atomic E-state index is 14.0. The van der Waals surface area contributed by atoms with Crippen LogP contribution in [0, 0.1) is 0 Å². The van der Waals surface area contributed by atoms with E-state index in [4.69, 9.17) is 51.1 Å². The summed E-state index contributed by atoms with van der Waals surface area (Å²) in [4.78, 5) is 26.5. The number of cyclic esters (lactones) is 1. The highest BCUT2D eigenvalue weighted by atomic mass is 35.5. The van der Waals surface area contributed by atoms with Crippen LogP contribution in [0.15, 0.2) is 66.7 Å². The largest absolute Gasteiger partial charge is 0.445 e. The molecule has 1 saturated heterocycles. The molecule has 0 N–H and O–H groups in total. The number of hydrogen-bond acceptors (Lipinski definition) is 3. The van der Waals surface area contributed by atoms with E-state index in [9.17, 15) is 9.59 Å². The molecule has 152 valence electrons. The fourth-order valence-electron chi connectivity index (χ4n) is 3.87. The molecule has 0 aliphatic carbocycles. The highest BCUT2D eigenvalue weighted by Gasteiger charge is 2.58. The molecular formula is C23H14Cl4O3. The maximum absolute atomic E-state index is 14.0. The van der Waals surface area contributed by atoms with Crippen LogP contribution >= 0.6 is 46.4 Å². The zero-order valence-corrected chi connectivity index (χ0v) is 18.4. The minimum absolute atomic E-state index is 0.0138. The second kappa shape index (κ2) is 8.24. The van der Waals surface area contributed by atoms with Crippen LogP contribution in [0.2, 0.25) is 20.1 Å². The van der Waals surface area contributed by atoms with Crippen molar-refractivity contribution < 1.29 is 14.3 Å². The van der Waals surface area contributed by atoms with Gasteiger partial charge < -0.3 is 4.74 Å². The average molecular weight is 480 g/mol. The van der Waals surface area contributed by atoms with Crippen molar-refractivity contribution in [2.45, 2.75) is 17.9 Å². The molecule has 0 spiro atoms. The zero-order valence-electron chi connectivity index (χ0n) is 15.4. The lowest BCUT2D eigenvalue weighted by Crippen LogP contribution is -2.41. The molecule has 3 aromatic carbocycles. The molecule has 0 radical (unpaired) electrons. The first-order chi connectivity index (χ1) is 14.3. The van der Waals surface area contributed by atoms with Gasteiger partial charge in [0.2, 0.25) is 11.4 Å². The van der Waals surface area contributed by atoms with Crippen molar-refractivity contribution in [3.05, 3.63) is 104 Å². The van der Waals surface area contributed by atoms with Gasteiger partial charge in [-0.2, -0.15) is 0 Å². The smallest absolute Gasteiger partial charge is 0.307 e. The number of benzene rings is 3. The molecule has 1 fully saturated rings. The highest BCUT2D eigenvalue weighted by Crippen LogP contribution is 2.52. The molecule has 7 heteroatoms. The number of hydrogen-bond donors (Lipinski definition) is 0. The lowest BCUT2D eigenvalue weighted by atomic mass is 9.73. The van der Waals surface area contributed by atoms with Crippen LogP contribution in [-0.2, 0) is 15.1 Å². The Morgan fingerprint density at radius 2 is 1.50 bits per heavy atom. The van der Waals surface area contributed by atoms with Crippen LogP contribution < -0.4 is 0 Å². The summed E-state index contributed by atoms with van der Waals surface area (Å²) in [5.74, 6) is -1.59. The van der Waals surface area contributed by atoms with Crippen molar-refractivity contribution in [3.63, 3.8) is 0 Å². The van der Waals surface area contributed by atoms with Crippen molar-refractivity contribution in [2.75, 3.05) is 0 Å². The minimum atomic E-state index is -1.70. The van der Waals surface area contributed by atoms with Gasteiger partial charge in [0, 0.05) is 32.1 Å². The Bertz CT molecular complexity index is 1150. The standard InChI is InChI=1S/C23H14Cl4O3/c24-14-6-8-16(19(26)10-14)22(29)23(17-9-7-15(25)11-20(17)27)18(12-21(28)30-23)13-4-2-1-3-5-13/h1-11,18H,12H2/t18-,23+/m0/s1. The average Bonchev–Trinajstić information content (AvgIpc) is 3.06. The SMILES string of the molecule is O=C1C[C@@H](c2ccccc2)[C@@](C(=O)c2ccc(Cl)cc2Cl)(c2ccc(Cl)cc2Cl)O1. The maximum Gasteiger partial charge on any atom is 0.307 e. The summed E-state index contributed by atoms with van der Waals surface area (Å²) in [7, 11) is 0. The summed E-state index contributed by atoms with van der Waals surface area (Å²) in [6, 6.07) is 18.5. The molecule has 4 rings (SSSR count). The number of rotatable bonds is 4. The second-order valence-electron chi connectivity index (χ2n) is 6.95. The number of ketones is 1. The van der Waals surface area contributed by atoms with E-state index in [-0.39, 0.29) is 22.0 Å². The Morgan fingerprint density at radius 3 is 2.13 bits per heavy atom. The van der Waals surface area contributed by atoms with E-state index in [1.807, 2.05) is 30.3 Å². The van der Waals surface area contributed by atoms with Gasteiger partial charge in [0.1, 0.15) is 0 Å². The van der Waals surface area contributed by atoms with E-state index in [1.165, 1.54) is 18.2 Å². The molecule has 0 unspecified atom stereocenters. The fraction of sp³-hybridized carbons (Fsp3) is 0.130. The molecule has 0 bridgehead atoms. The lowest BCUT2D eigenvalue weighted by Gasteiger charge is -2.34. The van der Waals surface area contributed by atoms with Crippen LogP contribution in [0.4, 0.5) is 0 Å². The lowest BCUT2D eigenvalue weighted by molar-refractivity contribution is -0.146. The van der Waals surface area contributed by atoms with E-state index in [1.54, 1.807) is 18.2 Å². The quantitative estimate of drug-likeness (QED) is 0.295. The molecule has 3 nitrogen and oxygen atoms in total. The predicted octanol–water partition coefficient (Wildman–Crippen LogP) is 7.11. The summed E-state index contributed by atoms with van der Waals surface area (Å²) >= 11 is 24.9. The van der Waals surface area contributed by atoms with Gasteiger partial charge >= 0.3 is 5.97 Å². The number of carbonyl (C=O) groups excluding carboxylic acids is 2. The summed E-state index contributed by atoms with van der Waals surface area (Å²) in [5, 5.41) is 1.16. The number of carbonyl (C=O) groups is 2. The first-order valence-electron chi connectivity index (χ1n) is 9.05. The van der Waals surface area contributed by atoms with Gasteiger partial charge in [-0.3, -0.25) is 9.59 Å². The molecule has 0 saturated carbocycles. The molecule has 1 aliphatic heterocycles. The van der Waals surface area contributed by atoms with E-state index in [0.717, 1.165) is 5.56 Å². The van der Waals surface area contributed by atoms with Gasteiger partial charge in [0.15, 0.2) is 0 Å². The van der Waals surface area contributed by atoms with E-state index >= 15 is 0 Å². The van der Waals surface area contributed by atoms with Crippen LogP contribution in [0.1, 0.15) is 33.8 Å². The van der Waals surface area contributed by atoms with Gasteiger partial charge in [-0.15, -0.1) is 0 Å². The van der Waals surface area contributed by atoms with Crippen LogP contribution in [0.3, 0.4) is 0 Å². The number of ether oxygens (including phenoxy) is 1. The van der Waals surface area contributed by atoms with E-state index in [2.05, 4.69) is 0 Å². The molecule has 2 atom stereocenters. The molecule has 3 aromatic rings. The summed E-state index contributed by atoms with van der Waals surface area (Å²) in [6.07, 6.45) is 0.0138. The zero-order chi connectivity index (χ0) is 21.5. The first-order valence-corrected chi connectivity index (χ1v) is 10.6. The van der Waals surface area contributed by atoms with Gasteiger partial charge in [-0.05, 0) is 35.9 Å². The second-order valence-corrected chi connectivity index (χ2v) is 8.64. The van der Waals surface area contributed by atoms with Crippen LogP contribution in [0.25, 0.3) is 0 Å². The molecular weight excluding hydrogens is 466 g/mol. The van der Waals surface area contributed by atoms with Gasteiger partial charge in [-0.1, -0.05) is 82.8 Å². The Balaban J connectivity index is 2.00. The van der Waals surface area contributed by atoms with Gasteiger partial charge in [0.25, 0.3) is 0 Å². The summed E-state index contributed by atoms with van der Waals surface area (Å²) in [5.41, 5.74) is -0.391. The minimum Gasteiger partial charge on any atom is -0.445 e. The van der Waals surface area contributed by atoms with Crippen molar-refractivity contribution in [2.24, 2.45) is 0 Å². The number of Topliss-reactive ketones (excluding diaryl/α,β-unsaturated/α-hetero) is 1. The van der Waals surface area contributed by atoms with E-state index in [0.29, 0.717) is 15.6 Å².